The van der Waals surface area contributed by atoms with E-state index in [4.69, 9.17) is 9.84 Å². The zero-order valence-corrected chi connectivity index (χ0v) is 9.74. The average molecular weight is 216 g/mol. The van der Waals surface area contributed by atoms with Crippen molar-refractivity contribution in [1.29, 1.82) is 0 Å². The third-order valence-corrected chi connectivity index (χ3v) is 3.43. The van der Waals surface area contributed by atoms with Crippen LogP contribution >= 0.6 is 0 Å². The lowest BCUT2D eigenvalue weighted by molar-refractivity contribution is -0.134. The average Bonchev–Trinajstić information content (AvgIpc) is 2.18. The molecule has 1 atom stereocenters. The van der Waals surface area contributed by atoms with Gasteiger partial charge in [-0.25, -0.2) is 0 Å². The molecule has 0 bridgehead atoms. The summed E-state index contributed by atoms with van der Waals surface area (Å²) >= 11 is 0. The van der Waals surface area contributed by atoms with Crippen molar-refractivity contribution >= 4 is 0 Å². The van der Waals surface area contributed by atoms with Gasteiger partial charge in [0.25, 0.3) is 0 Å². The van der Waals surface area contributed by atoms with Gasteiger partial charge in [0.1, 0.15) is 0 Å². The molecule has 15 heavy (non-hydrogen) atoms. The maximum Gasteiger partial charge on any atom is 0.0547 e. The summed E-state index contributed by atoms with van der Waals surface area (Å²) in [6.07, 6.45) is 5.54. The molecule has 3 heteroatoms. The van der Waals surface area contributed by atoms with E-state index in [1.807, 2.05) is 0 Å². The molecule has 1 fully saturated rings. The van der Waals surface area contributed by atoms with Crippen molar-refractivity contribution in [3.63, 3.8) is 0 Å². The number of aliphatic hydroxyl groups is 2. The molecule has 0 radical (unpaired) electrons. The second-order valence-corrected chi connectivity index (χ2v) is 4.78. The Morgan fingerprint density at radius 2 is 2.00 bits per heavy atom. The van der Waals surface area contributed by atoms with Crippen molar-refractivity contribution in [1.82, 2.24) is 0 Å². The maximum atomic E-state index is 9.86. The summed E-state index contributed by atoms with van der Waals surface area (Å²) in [5.41, 5.74) is 0.260. The molecule has 1 saturated heterocycles. The van der Waals surface area contributed by atoms with Crippen molar-refractivity contribution in [3.8, 4) is 0 Å². The van der Waals surface area contributed by atoms with Crippen molar-refractivity contribution in [2.24, 2.45) is 5.41 Å². The molecule has 1 rings (SSSR count). The Morgan fingerprint density at radius 1 is 1.27 bits per heavy atom. The molecule has 0 aliphatic carbocycles. The van der Waals surface area contributed by atoms with Crippen molar-refractivity contribution in [2.45, 2.75) is 51.6 Å². The molecule has 0 amide bonds. The number of aliphatic hydroxyl groups excluding tert-OH is 2. The Bertz CT molecular complexity index is 161. The van der Waals surface area contributed by atoms with Gasteiger partial charge in [0.15, 0.2) is 0 Å². The number of hydrogen-bond acceptors (Lipinski definition) is 3. The van der Waals surface area contributed by atoms with E-state index in [0.717, 1.165) is 51.7 Å². The van der Waals surface area contributed by atoms with Crippen molar-refractivity contribution < 1.29 is 14.9 Å². The summed E-state index contributed by atoms with van der Waals surface area (Å²) in [5, 5.41) is 18.5. The molecule has 3 nitrogen and oxygen atoms in total. The molecule has 1 aliphatic rings. The Labute approximate surface area is 92.4 Å². The highest BCUT2D eigenvalue weighted by Gasteiger charge is 2.38. The van der Waals surface area contributed by atoms with Gasteiger partial charge in [-0.05, 0) is 25.7 Å². The smallest absolute Gasteiger partial charge is 0.0547 e. The summed E-state index contributed by atoms with van der Waals surface area (Å²) < 4.78 is 5.23. The van der Waals surface area contributed by atoms with E-state index >= 15 is 0 Å². The summed E-state index contributed by atoms with van der Waals surface area (Å²) in [6.45, 7) is 4.07. The summed E-state index contributed by atoms with van der Waals surface area (Å²) in [7, 11) is 0. The van der Waals surface area contributed by atoms with E-state index in [2.05, 4.69) is 6.92 Å². The zero-order valence-electron chi connectivity index (χ0n) is 9.74. The van der Waals surface area contributed by atoms with Crippen LogP contribution in [-0.4, -0.2) is 36.1 Å². The fourth-order valence-electron chi connectivity index (χ4n) is 2.13. The minimum Gasteiger partial charge on any atom is -0.396 e. The van der Waals surface area contributed by atoms with Gasteiger partial charge in [-0.2, -0.15) is 0 Å². The number of hydrogen-bond donors (Lipinski definition) is 2. The lowest BCUT2D eigenvalue weighted by Gasteiger charge is -2.42. The van der Waals surface area contributed by atoms with Crippen molar-refractivity contribution in [3.05, 3.63) is 0 Å². The SMILES string of the molecule is CCC1(CC(O)CCCCCO)COC1. The molecular formula is C12H24O3. The molecular weight excluding hydrogens is 192 g/mol. The van der Waals surface area contributed by atoms with E-state index in [9.17, 15) is 5.11 Å². The quantitative estimate of drug-likeness (QED) is 0.607. The first-order valence-corrected chi connectivity index (χ1v) is 6.09. The predicted molar refractivity (Wildman–Crippen MR) is 59.7 cm³/mol. The Kier molecular flexibility index (Phi) is 5.58. The molecule has 2 N–H and O–H groups in total. The molecule has 0 aromatic rings. The van der Waals surface area contributed by atoms with Crippen LogP contribution in [0.2, 0.25) is 0 Å². The fraction of sp³-hybridized carbons (Fsp3) is 1.00. The molecule has 0 aromatic carbocycles. The lowest BCUT2D eigenvalue weighted by Crippen LogP contribution is -2.44. The minimum absolute atomic E-state index is 0.187. The van der Waals surface area contributed by atoms with Gasteiger partial charge in [-0.1, -0.05) is 19.8 Å². The molecule has 90 valence electrons. The van der Waals surface area contributed by atoms with Crippen LogP contribution in [0.4, 0.5) is 0 Å². The highest BCUT2D eigenvalue weighted by molar-refractivity contribution is 4.86. The fourth-order valence-corrected chi connectivity index (χ4v) is 2.13. The van der Waals surface area contributed by atoms with Crippen LogP contribution in [0.15, 0.2) is 0 Å². The summed E-state index contributed by atoms with van der Waals surface area (Å²) in [5.74, 6) is 0. The molecule has 1 heterocycles. The maximum absolute atomic E-state index is 9.86. The number of rotatable bonds is 8. The van der Waals surface area contributed by atoms with Gasteiger partial charge in [0.2, 0.25) is 0 Å². The second-order valence-electron chi connectivity index (χ2n) is 4.78. The van der Waals surface area contributed by atoms with Gasteiger partial charge < -0.3 is 14.9 Å². The van der Waals surface area contributed by atoms with Crippen LogP contribution in [0.5, 0.6) is 0 Å². The first-order valence-electron chi connectivity index (χ1n) is 6.09. The highest BCUT2D eigenvalue weighted by Crippen LogP contribution is 2.36. The van der Waals surface area contributed by atoms with Gasteiger partial charge in [0.05, 0.1) is 19.3 Å². The van der Waals surface area contributed by atoms with Gasteiger partial charge in [-0.15, -0.1) is 0 Å². The molecule has 0 spiro atoms. The third kappa shape index (κ3) is 4.09. The standard InChI is InChI=1S/C12H24O3/c1-2-12(9-15-10-12)8-11(14)6-4-3-5-7-13/h11,13-14H,2-10H2,1H3. The Balaban J connectivity index is 2.09. The molecule has 0 saturated carbocycles. The topological polar surface area (TPSA) is 49.7 Å². The summed E-state index contributed by atoms with van der Waals surface area (Å²) in [4.78, 5) is 0. The number of unbranched alkanes of at least 4 members (excludes halogenated alkanes) is 2. The monoisotopic (exact) mass is 216 g/mol. The zero-order chi connectivity index (χ0) is 11.1. The third-order valence-electron chi connectivity index (χ3n) is 3.43. The van der Waals surface area contributed by atoms with E-state index < -0.39 is 0 Å². The van der Waals surface area contributed by atoms with Crippen LogP contribution in [0.1, 0.15) is 45.4 Å². The van der Waals surface area contributed by atoms with E-state index in [1.54, 1.807) is 0 Å². The van der Waals surface area contributed by atoms with Gasteiger partial charge in [-0.3, -0.25) is 0 Å². The van der Waals surface area contributed by atoms with Crippen LogP contribution in [0.25, 0.3) is 0 Å². The van der Waals surface area contributed by atoms with Gasteiger partial charge >= 0.3 is 0 Å². The van der Waals surface area contributed by atoms with Crippen LogP contribution in [0, 0.1) is 5.41 Å². The molecule has 1 unspecified atom stereocenters. The largest absolute Gasteiger partial charge is 0.396 e. The highest BCUT2D eigenvalue weighted by atomic mass is 16.5. The van der Waals surface area contributed by atoms with Crippen LogP contribution in [-0.2, 0) is 4.74 Å². The van der Waals surface area contributed by atoms with E-state index in [1.165, 1.54) is 0 Å². The van der Waals surface area contributed by atoms with Gasteiger partial charge in [0, 0.05) is 12.0 Å². The van der Waals surface area contributed by atoms with E-state index in [0.29, 0.717) is 0 Å². The Morgan fingerprint density at radius 3 is 2.47 bits per heavy atom. The lowest BCUT2D eigenvalue weighted by atomic mass is 9.77. The van der Waals surface area contributed by atoms with Crippen LogP contribution in [0.3, 0.4) is 0 Å². The second kappa shape index (κ2) is 6.46. The first-order chi connectivity index (χ1) is 7.22. The Hall–Kier alpha value is -0.120. The first kappa shape index (κ1) is 12.9. The van der Waals surface area contributed by atoms with E-state index in [-0.39, 0.29) is 18.1 Å². The summed E-state index contributed by atoms with van der Waals surface area (Å²) in [6, 6.07) is 0. The van der Waals surface area contributed by atoms with Crippen molar-refractivity contribution in [2.75, 3.05) is 19.8 Å². The normalized spacial score (nSPS) is 21.0. The molecule has 1 aliphatic heterocycles. The molecule has 0 aromatic heterocycles. The minimum atomic E-state index is -0.187. The number of ether oxygens (including phenoxy) is 1. The van der Waals surface area contributed by atoms with Crippen LogP contribution < -0.4 is 0 Å². The predicted octanol–water partition coefficient (Wildman–Crippen LogP) is 1.72.